The van der Waals surface area contributed by atoms with Crippen molar-refractivity contribution in [2.24, 2.45) is 5.41 Å². The van der Waals surface area contributed by atoms with Crippen molar-refractivity contribution in [3.63, 3.8) is 0 Å². The number of benzene rings is 5. The van der Waals surface area contributed by atoms with Crippen LogP contribution in [0.15, 0.2) is 166 Å². The Morgan fingerprint density at radius 2 is 0.708 bits per heavy atom. The highest BCUT2D eigenvalue weighted by Crippen LogP contribution is 2.52. The summed E-state index contributed by atoms with van der Waals surface area (Å²) in [7, 11) is -14.8. The van der Waals surface area contributed by atoms with Gasteiger partial charge in [0.2, 0.25) is 28.9 Å². The van der Waals surface area contributed by atoms with Gasteiger partial charge in [0.1, 0.15) is 31.2 Å². The maximum atomic E-state index is 13.6. The number of hydrogen-bond acceptors (Lipinski definition) is 40. The van der Waals surface area contributed by atoms with E-state index in [9.17, 15) is 61.0 Å². The zero-order valence-electron chi connectivity index (χ0n) is 78.9. The normalized spacial score (nSPS) is 13.3. The third kappa shape index (κ3) is 39.3. The number of H-pyrrole nitrogens is 4. The van der Waals surface area contributed by atoms with Crippen molar-refractivity contribution in [1.29, 1.82) is 0 Å². The van der Waals surface area contributed by atoms with E-state index in [4.69, 9.17) is 113 Å². The smallest absolute Gasteiger partial charge is 0.356 e. The first-order valence-corrected chi connectivity index (χ1v) is 56.0. The molecule has 0 radical (unpaired) electrons. The van der Waals surface area contributed by atoms with Gasteiger partial charge < -0.3 is 96.3 Å². The molecule has 776 valence electrons. The Morgan fingerprint density at radius 3 is 1.01 bits per heavy atom. The molecule has 0 aliphatic carbocycles. The van der Waals surface area contributed by atoms with E-state index in [1.54, 1.807) is 116 Å². The van der Waals surface area contributed by atoms with Crippen molar-refractivity contribution in [3.05, 3.63) is 242 Å². The van der Waals surface area contributed by atoms with Gasteiger partial charge in [0.05, 0.1) is 105 Å². The van der Waals surface area contributed by atoms with E-state index in [-0.39, 0.29) is 214 Å². The lowest BCUT2D eigenvalue weighted by atomic mass is 9.91. The average molecular weight is 2210 g/mol. The molecular formula is C88H108Cl3FN20O24P4S4. The lowest BCUT2D eigenvalue weighted by Gasteiger charge is -2.19. The van der Waals surface area contributed by atoms with E-state index in [2.05, 4.69) is 80.6 Å². The van der Waals surface area contributed by atoms with Crippen LogP contribution in [0.4, 0.5) is 28.2 Å². The van der Waals surface area contributed by atoms with Gasteiger partial charge in [0.15, 0.2) is 60.0 Å². The highest BCUT2D eigenvalue weighted by molar-refractivity contribution is 8.14. The van der Waals surface area contributed by atoms with Gasteiger partial charge in [-0.2, -0.15) is 19.9 Å². The Morgan fingerprint density at radius 1 is 0.410 bits per heavy atom. The molecule has 8 aromatic heterocycles. The maximum Gasteiger partial charge on any atom is 0.356 e. The standard InChI is InChI=1S/C25H27FN5O6PS.C24H33ClN5O6PS.C20H25ClN5O6PS.C19H23ClN5O6PS/c1-17-5-7-19(8-6-17)24(33)39-12-11-36-38(34,37-14-18-3-2-4-20(26)13-18)16-35-10-9-31-15-28-21-22(31)29-25(27)30-23(21)32;1-24(2,3)8-7-19(31)38-12-11-35-37(33,36-14-17-5-4-6-18(25)13-17)16-34-10-9-30-15-27-20-21(30)28-23(26)29-22(20)32;1-2-16(27)34-9-8-31-33(29,32-11-14-4-3-5-15(21)10-14)13-30-7-6-26-12-23-17-18(26)24-20(22)25-19(17)28;1-13(26)33-8-7-30-32(28,31-10-14-3-2-4-15(20)9-14)12-29-6-5-25-11-22-16-17(25)23-19(21)24-18(16)27/h2-8,13,15H,9-12,14,16H2,1H3,(H3,27,29,30,32);4-6,13,15H,7-12,14,16H2,1-3H3,(H3,26,28,29,32);3-5,10,12H,2,6-9,11,13H2,1H3,(H3,22,24,25,28);2-4,9,11H,5-8,10,12H2,1H3,(H3,21,23,24,27). The number of hydrogen-bond donors (Lipinski definition) is 8. The molecule has 0 bridgehead atoms. The summed E-state index contributed by atoms with van der Waals surface area (Å²) in [6, 6.07) is 33.9. The van der Waals surface area contributed by atoms with Gasteiger partial charge in [-0.25, -0.2) is 24.3 Å². The molecule has 56 heteroatoms. The molecule has 144 heavy (non-hydrogen) atoms. The van der Waals surface area contributed by atoms with E-state index in [0.717, 1.165) is 75.7 Å². The number of carbonyl (C=O) groups excluding carboxylic acids is 4. The fraction of sp³-hybridized carbons (Fsp3) is 0.386. The number of nitrogens with zero attached hydrogens (tertiary/aromatic N) is 12. The number of anilines is 4. The van der Waals surface area contributed by atoms with Crippen LogP contribution < -0.4 is 45.2 Å². The lowest BCUT2D eigenvalue weighted by molar-refractivity contribution is -0.111. The largest absolute Gasteiger partial charge is 0.369 e. The number of fused-ring (bicyclic) bond motifs is 4. The van der Waals surface area contributed by atoms with Crippen LogP contribution in [0.3, 0.4) is 0 Å². The average Bonchev–Trinajstić information content (AvgIpc) is 1.67. The van der Waals surface area contributed by atoms with Crippen LogP contribution in [0.5, 0.6) is 0 Å². The molecule has 8 heterocycles. The second kappa shape index (κ2) is 57.4. The summed E-state index contributed by atoms with van der Waals surface area (Å²) in [5.41, 5.74) is 26.9. The molecule has 0 aliphatic heterocycles. The van der Waals surface area contributed by atoms with Gasteiger partial charge in [-0.3, -0.25) is 76.6 Å². The summed E-state index contributed by atoms with van der Waals surface area (Å²) in [4.78, 5) is 137. The van der Waals surface area contributed by atoms with Crippen LogP contribution in [0.25, 0.3) is 44.7 Å². The van der Waals surface area contributed by atoms with Crippen LogP contribution >= 0.6 is 112 Å². The monoisotopic (exact) mass is 2200 g/mol. The number of thioether (sulfide) groups is 4. The maximum absolute atomic E-state index is 13.6. The van der Waals surface area contributed by atoms with E-state index < -0.39 is 58.4 Å². The first-order valence-electron chi connectivity index (χ1n) is 44.0. The summed E-state index contributed by atoms with van der Waals surface area (Å²) in [6.07, 6.45) is 6.14. The second-order valence-corrected chi connectivity index (χ2v) is 45.9. The topological polar surface area (TPSA) is 606 Å². The van der Waals surface area contributed by atoms with Crippen molar-refractivity contribution >= 4 is 201 Å². The van der Waals surface area contributed by atoms with Gasteiger partial charge in [-0.1, -0.05) is 188 Å². The predicted molar refractivity (Wildman–Crippen MR) is 553 cm³/mol. The van der Waals surface area contributed by atoms with Crippen LogP contribution in [0.1, 0.15) is 92.1 Å². The number of halogens is 4. The number of rotatable bonds is 52. The van der Waals surface area contributed by atoms with E-state index in [1.807, 2.05) is 19.1 Å². The summed E-state index contributed by atoms with van der Waals surface area (Å²) < 4.78 is 140. The minimum absolute atomic E-state index is 0.0109. The first kappa shape index (κ1) is 116. The Hall–Kier alpha value is -9.98. The Bertz CT molecular complexity index is 6960. The molecule has 0 amide bonds. The molecule has 5 aromatic carbocycles. The highest BCUT2D eigenvalue weighted by Gasteiger charge is 2.31. The van der Waals surface area contributed by atoms with Crippen molar-refractivity contribution < 1.29 is 97.0 Å². The number of ether oxygens (including phenoxy) is 4. The van der Waals surface area contributed by atoms with Crippen LogP contribution in [-0.4, -0.2) is 200 Å². The fourth-order valence-corrected chi connectivity index (χ4v) is 20.9. The van der Waals surface area contributed by atoms with Crippen molar-refractivity contribution in [2.75, 3.05) is 124 Å². The molecule has 0 saturated carbocycles. The number of nitrogen functional groups attached to an aromatic ring is 4. The number of carbonyl (C=O) groups is 4. The summed E-state index contributed by atoms with van der Waals surface area (Å²) in [5.74, 6) is 0.707. The number of aryl methyl sites for hydroxylation is 1. The quantitative estimate of drug-likeness (QED) is 0.0130. The summed E-state index contributed by atoms with van der Waals surface area (Å²) in [5, 5.41) is 1.48. The van der Waals surface area contributed by atoms with Crippen LogP contribution in [0, 0.1) is 18.2 Å². The van der Waals surface area contributed by atoms with Crippen LogP contribution in [0.2, 0.25) is 15.1 Å². The lowest BCUT2D eigenvalue weighted by Crippen LogP contribution is -2.13. The third-order valence-corrected chi connectivity index (χ3v) is 30.0. The van der Waals surface area contributed by atoms with Gasteiger partial charge in [0, 0.05) is 89.6 Å². The number of nitrogens with one attached hydrogen (secondary N) is 4. The van der Waals surface area contributed by atoms with Gasteiger partial charge in [-0.15, -0.1) is 0 Å². The van der Waals surface area contributed by atoms with E-state index in [1.165, 1.54) is 50.4 Å². The fourth-order valence-electron chi connectivity index (χ4n) is 12.3. The molecule has 0 fully saturated rings. The Labute approximate surface area is 855 Å². The molecule has 4 unspecified atom stereocenters. The molecule has 0 aliphatic rings. The Kier molecular flexibility index (Phi) is 46.2. The van der Waals surface area contributed by atoms with Crippen molar-refractivity contribution in [1.82, 2.24) is 78.1 Å². The molecule has 4 atom stereocenters. The number of imidazole rings is 4. The molecular weight excluding hydrogens is 2100 g/mol. The molecule has 0 saturated heterocycles. The SMILES string of the molecule is CC(=O)SCCOP(=O)(COCCn1cnc2c(=O)[nH]c(N)nc21)OCc1cccc(Cl)c1.CC(C)(C)CCC(=O)SCCOP(=O)(COCCn1cnc2c(=O)[nH]c(N)nc21)OCc1cccc(Cl)c1.CCC(=O)SCCOP(=O)(COCCn1cnc2c(=O)[nH]c(N)nc21)OCc1cccc(Cl)c1.Cc1ccc(C(=O)SCCOP(=O)(COCCn2cnc3c(=O)[nH]c(N)nc32)OCc2cccc(F)c2)cc1. The third-order valence-electron chi connectivity index (χ3n) is 19.3. The molecule has 13 rings (SSSR count). The molecule has 0 spiro atoms. The molecule has 13 aromatic rings. The summed E-state index contributed by atoms with van der Waals surface area (Å²) >= 11 is 22.4. The Balaban J connectivity index is 0.000000198. The minimum Gasteiger partial charge on any atom is -0.369 e. The van der Waals surface area contributed by atoms with Crippen LogP contribution in [-0.2, 0) is 140 Å². The number of aromatic nitrogens is 16. The van der Waals surface area contributed by atoms with Crippen molar-refractivity contribution in [3.8, 4) is 0 Å². The number of aromatic amines is 4. The van der Waals surface area contributed by atoms with Crippen molar-refractivity contribution in [2.45, 2.75) is 113 Å². The highest BCUT2D eigenvalue weighted by atomic mass is 35.5. The number of nitrogens with two attached hydrogens (primary N) is 4. The first-order chi connectivity index (χ1) is 68.7. The van der Waals surface area contributed by atoms with E-state index >= 15 is 0 Å². The molecule has 44 nitrogen and oxygen atoms in total. The predicted octanol–water partition coefficient (Wildman–Crippen LogP) is 15.4. The van der Waals surface area contributed by atoms with E-state index in [0.29, 0.717) is 73.2 Å². The molecule has 12 N–H and O–H groups in total. The zero-order valence-corrected chi connectivity index (χ0v) is 88.0. The van der Waals surface area contributed by atoms with Gasteiger partial charge >= 0.3 is 30.4 Å². The second-order valence-electron chi connectivity index (χ2n) is 32.0. The zero-order chi connectivity index (χ0) is 104. The minimum atomic E-state index is -3.79. The van der Waals surface area contributed by atoms with Gasteiger partial charge in [-0.05, 0) is 89.5 Å². The summed E-state index contributed by atoms with van der Waals surface area (Å²) in [6.45, 7) is 12.9. The van der Waals surface area contributed by atoms with Gasteiger partial charge in [0.25, 0.3) is 22.2 Å².